The third kappa shape index (κ3) is 1.95. The van der Waals surface area contributed by atoms with Crippen LogP contribution in [0.15, 0.2) is 12.1 Å². The van der Waals surface area contributed by atoms with Gasteiger partial charge in [0.25, 0.3) is 0 Å². The molecule has 0 amide bonds. The minimum absolute atomic E-state index is 0.598. The summed E-state index contributed by atoms with van der Waals surface area (Å²) in [6, 6.07) is 4.86. The Balaban J connectivity index is 1.94. The second kappa shape index (κ2) is 4.34. The zero-order chi connectivity index (χ0) is 11.8. The van der Waals surface area contributed by atoms with Crippen molar-refractivity contribution in [2.24, 2.45) is 11.7 Å². The topological polar surface area (TPSA) is 29.3 Å². The summed E-state index contributed by atoms with van der Waals surface area (Å²) in [7, 11) is 0. The summed E-state index contributed by atoms with van der Waals surface area (Å²) < 4.78 is 0. The van der Waals surface area contributed by atoms with Crippen molar-refractivity contribution < 1.29 is 0 Å². The maximum Gasteiger partial charge on any atom is 0.0432 e. The summed E-state index contributed by atoms with van der Waals surface area (Å²) in [6.07, 6.45) is 4.97. The number of benzene rings is 1. The normalized spacial score (nSPS) is 19.3. The molecule has 2 aliphatic rings. The van der Waals surface area contributed by atoms with Crippen LogP contribution in [0.5, 0.6) is 0 Å². The average molecular weight is 230 g/mol. The monoisotopic (exact) mass is 230 g/mol. The van der Waals surface area contributed by atoms with Gasteiger partial charge in [0.1, 0.15) is 0 Å². The second-order valence-corrected chi connectivity index (χ2v) is 5.65. The van der Waals surface area contributed by atoms with E-state index in [0.29, 0.717) is 5.92 Å². The van der Waals surface area contributed by atoms with Crippen LogP contribution >= 0.6 is 0 Å². The van der Waals surface area contributed by atoms with E-state index in [-0.39, 0.29) is 0 Å². The zero-order valence-electron chi connectivity index (χ0n) is 10.7. The van der Waals surface area contributed by atoms with Crippen LogP contribution in [0.25, 0.3) is 0 Å². The highest BCUT2D eigenvalue weighted by Crippen LogP contribution is 2.37. The predicted molar refractivity (Wildman–Crippen MR) is 72.6 cm³/mol. The third-order valence-electron chi connectivity index (χ3n) is 4.16. The maximum atomic E-state index is 5.73. The number of anilines is 1. The Bertz CT molecular complexity index is 425. The van der Waals surface area contributed by atoms with Crippen LogP contribution in [0.1, 0.15) is 30.0 Å². The smallest absolute Gasteiger partial charge is 0.0432 e. The lowest BCUT2D eigenvalue weighted by Crippen LogP contribution is -2.26. The molecule has 0 spiro atoms. The molecule has 1 atom stereocenters. The molecular formula is C15H22N2. The molecule has 0 fully saturated rings. The minimum Gasteiger partial charge on any atom is -0.371 e. The summed E-state index contributed by atoms with van der Waals surface area (Å²) in [5.74, 6) is 0.598. The lowest BCUT2D eigenvalue weighted by molar-refractivity contribution is 0.592. The molecule has 0 bridgehead atoms. The lowest BCUT2D eigenvalue weighted by atomic mass is 9.93. The molecule has 2 heteroatoms. The standard InChI is InChI=1S/C15H22N2/c1-11(10-16)7-12-8-13-3-2-5-17-6-4-14(9-12)15(13)17/h8-9,11H,2-7,10,16H2,1H3. The Morgan fingerprint density at radius 3 is 2.76 bits per heavy atom. The van der Waals surface area contributed by atoms with Gasteiger partial charge < -0.3 is 10.6 Å². The van der Waals surface area contributed by atoms with Gasteiger partial charge >= 0.3 is 0 Å². The Labute approximate surface area is 104 Å². The van der Waals surface area contributed by atoms with E-state index < -0.39 is 0 Å². The predicted octanol–water partition coefficient (Wildman–Crippen LogP) is 2.13. The van der Waals surface area contributed by atoms with Gasteiger partial charge in [-0.25, -0.2) is 0 Å². The summed E-state index contributed by atoms with van der Waals surface area (Å²) in [4.78, 5) is 2.57. The molecule has 2 heterocycles. The number of aryl methyl sites for hydroxylation is 1. The highest BCUT2D eigenvalue weighted by molar-refractivity contribution is 5.65. The minimum atomic E-state index is 0.598. The number of rotatable bonds is 3. The Hall–Kier alpha value is -1.02. The van der Waals surface area contributed by atoms with Crippen LogP contribution in [0.2, 0.25) is 0 Å². The van der Waals surface area contributed by atoms with Gasteiger partial charge in [0.2, 0.25) is 0 Å². The summed E-state index contributed by atoms with van der Waals surface area (Å²) in [6.45, 7) is 5.53. The van der Waals surface area contributed by atoms with E-state index in [0.717, 1.165) is 13.0 Å². The summed E-state index contributed by atoms with van der Waals surface area (Å²) in [5, 5.41) is 0. The quantitative estimate of drug-likeness (QED) is 0.862. The van der Waals surface area contributed by atoms with Crippen molar-refractivity contribution in [1.29, 1.82) is 0 Å². The molecule has 1 aromatic carbocycles. The average Bonchev–Trinajstić information content (AvgIpc) is 2.74. The highest BCUT2D eigenvalue weighted by Gasteiger charge is 2.25. The number of hydrogen-bond donors (Lipinski definition) is 1. The molecule has 0 saturated carbocycles. The van der Waals surface area contributed by atoms with Gasteiger partial charge in [-0.2, -0.15) is 0 Å². The molecule has 17 heavy (non-hydrogen) atoms. The van der Waals surface area contributed by atoms with Crippen molar-refractivity contribution in [1.82, 2.24) is 0 Å². The molecule has 92 valence electrons. The first kappa shape index (κ1) is 11.1. The molecule has 0 saturated heterocycles. The first-order valence-corrected chi connectivity index (χ1v) is 6.87. The van der Waals surface area contributed by atoms with Crippen LogP contribution in [-0.2, 0) is 19.3 Å². The molecule has 0 radical (unpaired) electrons. The molecule has 3 rings (SSSR count). The molecular weight excluding hydrogens is 208 g/mol. The fraction of sp³-hybridized carbons (Fsp3) is 0.600. The maximum absolute atomic E-state index is 5.73. The van der Waals surface area contributed by atoms with E-state index in [2.05, 4.69) is 24.0 Å². The first-order chi connectivity index (χ1) is 8.28. The van der Waals surface area contributed by atoms with Crippen molar-refractivity contribution in [3.8, 4) is 0 Å². The molecule has 2 N–H and O–H groups in total. The van der Waals surface area contributed by atoms with E-state index in [4.69, 9.17) is 5.73 Å². The third-order valence-corrected chi connectivity index (χ3v) is 4.16. The Morgan fingerprint density at radius 1 is 1.24 bits per heavy atom. The highest BCUT2D eigenvalue weighted by atomic mass is 15.2. The number of nitrogens with two attached hydrogens (primary N) is 1. The molecule has 0 aliphatic carbocycles. The molecule has 2 nitrogen and oxygen atoms in total. The van der Waals surface area contributed by atoms with E-state index in [1.807, 2.05) is 0 Å². The molecule has 0 aromatic heterocycles. The fourth-order valence-corrected chi connectivity index (χ4v) is 3.27. The molecule has 1 aromatic rings. The van der Waals surface area contributed by atoms with Gasteiger partial charge in [-0.1, -0.05) is 19.1 Å². The van der Waals surface area contributed by atoms with Gasteiger partial charge in [0.15, 0.2) is 0 Å². The molecule has 2 aliphatic heterocycles. The van der Waals surface area contributed by atoms with Gasteiger partial charge in [0, 0.05) is 18.8 Å². The van der Waals surface area contributed by atoms with Gasteiger partial charge in [0.05, 0.1) is 0 Å². The number of hydrogen-bond acceptors (Lipinski definition) is 2. The van der Waals surface area contributed by atoms with E-state index >= 15 is 0 Å². The Kier molecular flexibility index (Phi) is 2.83. The van der Waals surface area contributed by atoms with Crippen LogP contribution in [-0.4, -0.2) is 19.6 Å². The largest absolute Gasteiger partial charge is 0.371 e. The van der Waals surface area contributed by atoms with Crippen molar-refractivity contribution in [2.75, 3.05) is 24.5 Å². The second-order valence-electron chi connectivity index (χ2n) is 5.65. The van der Waals surface area contributed by atoms with Crippen molar-refractivity contribution in [3.05, 3.63) is 28.8 Å². The fourth-order valence-electron chi connectivity index (χ4n) is 3.27. The van der Waals surface area contributed by atoms with Crippen molar-refractivity contribution >= 4 is 5.69 Å². The summed E-state index contributed by atoms with van der Waals surface area (Å²) >= 11 is 0. The lowest BCUT2D eigenvalue weighted by Gasteiger charge is -2.27. The first-order valence-electron chi connectivity index (χ1n) is 6.87. The van der Waals surface area contributed by atoms with Gasteiger partial charge in [-0.15, -0.1) is 0 Å². The Morgan fingerprint density at radius 2 is 2.00 bits per heavy atom. The van der Waals surface area contributed by atoms with Gasteiger partial charge in [-0.3, -0.25) is 0 Å². The van der Waals surface area contributed by atoms with Crippen LogP contribution in [0.3, 0.4) is 0 Å². The van der Waals surface area contributed by atoms with E-state index in [1.54, 1.807) is 16.8 Å². The van der Waals surface area contributed by atoms with Crippen LogP contribution in [0, 0.1) is 5.92 Å². The van der Waals surface area contributed by atoms with Crippen LogP contribution in [0.4, 0.5) is 5.69 Å². The van der Waals surface area contributed by atoms with Crippen molar-refractivity contribution in [3.63, 3.8) is 0 Å². The van der Waals surface area contributed by atoms with Crippen LogP contribution < -0.4 is 10.6 Å². The number of nitrogens with zero attached hydrogens (tertiary/aromatic N) is 1. The van der Waals surface area contributed by atoms with E-state index in [9.17, 15) is 0 Å². The van der Waals surface area contributed by atoms with E-state index in [1.165, 1.54) is 37.9 Å². The van der Waals surface area contributed by atoms with Crippen molar-refractivity contribution in [2.45, 2.75) is 32.6 Å². The zero-order valence-corrected chi connectivity index (χ0v) is 10.7. The molecule has 1 unspecified atom stereocenters. The van der Waals surface area contributed by atoms with Gasteiger partial charge in [-0.05, 0) is 54.8 Å². The SMILES string of the molecule is CC(CN)Cc1cc2c3c(c1)CCN3CCC2. The summed E-state index contributed by atoms with van der Waals surface area (Å²) in [5.41, 5.74) is 12.0.